The highest BCUT2D eigenvalue weighted by Crippen LogP contribution is 2.20. The number of furan rings is 1. The van der Waals surface area contributed by atoms with E-state index in [0.29, 0.717) is 5.76 Å². The summed E-state index contributed by atoms with van der Waals surface area (Å²) in [4.78, 5) is 41.7. The molecule has 4 amide bonds. The molecule has 2 aliphatic rings. The van der Waals surface area contributed by atoms with Gasteiger partial charge in [-0.2, -0.15) is 0 Å². The number of carbonyl (C=O) groups is 3. The van der Waals surface area contributed by atoms with Gasteiger partial charge in [-0.1, -0.05) is 12.8 Å². The molecule has 0 aromatic carbocycles. The smallest absolute Gasteiger partial charge is 0.331 e. The number of hydrogen-bond acceptors (Lipinski definition) is 6. The molecule has 1 aliphatic heterocycles. The molecular formula is C16H20N4O4. The van der Waals surface area contributed by atoms with E-state index in [-0.39, 0.29) is 18.6 Å². The Bertz CT molecular complexity index is 655. The highest BCUT2D eigenvalue weighted by Gasteiger charge is 2.40. The van der Waals surface area contributed by atoms with Gasteiger partial charge in [0.05, 0.1) is 18.8 Å². The first kappa shape index (κ1) is 16.4. The van der Waals surface area contributed by atoms with Crippen LogP contribution in [-0.4, -0.2) is 41.0 Å². The summed E-state index contributed by atoms with van der Waals surface area (Å²) in [6.07, 6.45) is 6.61. The lowest BCUT2D eigenvalue weighted by atomic mass is 9.91. The second-order valence-electron chi connectivity index (χ2n) is 6.09. The molecule has 8 heteroatoms. The van der Waals surface area contributed by atoms with Gasteiger partial charge in [0.25, 0.3) is 0 Å². The summed E-state index contributed by atoms with van der Waals surface area (Å²) in [5.41, 5.74) is 6.03. The van der Waals surface area contributed by atoms with Crippen LogP contribution in [0.1, 0.15) is 31.4 Å². The number of nitrogens with two attached hydrogens (primary N) is 1. The van der Waals surface area contributed by atoms with Crippen LogP contribution in [0, 0.1) is 5.92 Å². The van der Waals surface area contributed by atoms with E-state index in [9.17, 15) is 14.4 Å². The summed E-state index contributed by atoms with van der Waals surface area (Å²) >= 11 is 0. The molecule has 0 spiro atoms. The highest BCUT2D eigenvalue weighted by atomic mass is 16.3. The van der Waals surface area contributed by atoms with Crippen LogP contribution >= 0.6 is 0 Å². The fraction of sp³-hybridized carbons (Fsp3) is 0.500. The molecule has 1 aromatic heterocycles. The second kappa shape index (κ2) is 6.96. The van der Waals surface area contributed by atoms with Gasteiger partial charge < -0.3 is 10.2 Å². The summed E-state index contributed by atoms with van der Waals surface area (Å²) in [6.45, 7) is -0.0295. The van der Waals surface area contributed by atoms with Gasteiger partial charge in [0.1, 0.15) is 5.76 Å². The van der Waals surface area contributed by atoms with Crippen molar-refractivity contribution in [2.24, 2.45) is 16.6 Å². The number of amides is 4. The topological polar surface area (TPSA) is 118 Å². The largest absolute Gasteiger partial charge is 0.467 e. The average molecular weight is 332 g/mol. The molecule has 1 aromatic rings. The lowest BCUT2D eigenvalue weighted by molar-refractivity contribution is -0.139. The van der Waals surface area contributed by atoms with E-state index < -0.39 is 23.8 Å². The van der Waals surface area contributed by atoms with Crippen molar-refractivity contribution in [1.29, 1.82) is 0 Å². The van der Waals surface area contributed by atoms with Crippen molar-refractivity contribution in [3.8, 4) is 0 Å². The normalized spacial score (nSPS) is 28.5. The third-order valence-electron chi connectivity index (χ3n) is 4.39. The van der Waals surface area contributed by atoms with Crippen molar-refractivity contribution < 1.29 is 18.8 Å². The summed E-state index contributed by atoms with van der Waals surface area (Å²) in [5.74, 6) is -1.92. The quantitative estimate of drug-likeness (QED) is 0.625. The van der Waals surface area contributed by atoms with Crippen LogP contribution in [0.25, 0.3) is 0 Å². The van der Waals surface area contributed by atoms with Crippen molar-refractivity contribution in [3.05, 3.63) is 24.2 Å². The minimum Gasteiger partial charge on any atom is -0.467 e. The maximum absolute atomic E-state index is 12.5. The lowest BCUT2D eigenvalue weighted by Crippen LogP contribution is -2.58. The van der Waals surface area contributed by atoms with Crippen LogP contribution in [0.4, 0.5) is 4.79 Å². The first-order valence-corrected chi connectivity index (χ1v) is 8.03. The number of urea groups is 1. The van der Waals surface area contributed by atoms with E-state index in [0.717, 1.165) is 30.6 Å². The Morgan fingerprint density at radius 2 is 2.12 bits per heavy atom. The number of nitrogens with one attached hydrogen (secondary N) is 1. The minimum absolute atomic E-state index is 0.0295. The molecule has 2 heterocycles. The number of hydrogen-bond donors (Lipinski definition) is 2. The van der Waals surface area contributed by atoms with Crippen molar-refractivity contribution in [1.82, 2.24) is 10.2 Å². The summed E-state index contributed by atoms with van der Waals surface area (Å²) in [6, 6.07) is 2.42. The SMILES string of the molecule is N[C@H]1CCCC[C@@H]1N=C[C@@H]1C(=O)NC(=O)N(Cc2ccco2)C1=O. The van der Waals surface area contributed by atoms with Gasteiger partial charge in [-0.15, -0.1) is 0 Å². The molecule has 2 fully saturated rings. The molecular weight excluding hydrogens is 312 g/mol. The summed E-state index contributed by atoms with van der Waals surface area (Å²) in [5, 5.41) is 2.18. The Hall–Kier alpha value is -2.48. The van der Waals surface area contributed by atoms with Gasteiger partial charge in [0, 0.05) is 12.3 Å². The Balaban J connectivity index is 1.72. The number of rotatable bonds is 4. The lowest BCUT2D eigenvalue weighted by Gasteiger charge is -2.29. The molecule has 1 aliphatic carbocycles. The van der Waals surface area contributed by atoms with Crippen molar-refractivity contribution >= 4 is 24.1 Å². The molecule has 128 valence electrons. The first-order valence-electron chi connectivity index (χ1n) is 8.03. The molecule has 24 heavy (non-hydrogen) atoms. The predicted octanol–water partition coefficient (Wildman–Crippen LogP) is 0.815. The Kier molecular flexibility index (Phi) is 4.75. The van der Waals surface area contributed by atoms with E-state index in [1.165, 1.54) is 12.5 Å². The van der Waals surface area contributed by atoms with Gasteiger partial charge in [-0.05, 0) is 25.0 Å². The zero-order valence-corrected chi connectivity index (χ0v) is 13.2. The van der Waals surface area contributed by atoms with E-state index in [4.69, 9.17) is 10.2 Å². The molecule has 1 saturated carbocycles. The van der Waals surface area contributed by atoms with Gasteiger partial charge in [0.15, 0.2) is 5.92 Å². The molecule has 3 N–H and O–H groups in total. The Morgan fingerprint density at radius 3 is 2.83 bits per heavy atom. The van der Waals surface area contributed by atoms with Crippen LogP contribution in [0.15, 0.2) is 27.8 Å². The number of aliphatic imine (C=N–C) groups is 1. The number of nitrogens with zero attached hydrogens (tertiary/aromatic N) is 2. The van der Waals surface area contributed by atoms with Crippen molar-refractivity contribution in [2.45, 2.75) is 44.3 Å². The van der Waals surface area contributed by atoms with E-state index in [1.807, 2.05) is 0 Å². The number of carbonyl (C=O) groups excluding carboxylic acids is 3. The van der Waals surface area contributed by atoms with Crippen molar-refractivity contribution in [2.75, 3.05) is 0 Å². The van der Waals surface area contributed by atoms with E-state index >= 15 is 0 Å². The summed E-state index contributed by atoms with van der Waals surface area (Å²) in [7, 11) is 0. The van der Waals surface area contributed by atoms with Gasteiger partial charge in [-0.25, -0.2) is 4.79 Å². The first-order chi connectivity index (χ1) is 11.6. The Morgan fingerprint density at radius 1 is 1.33 bits per heavy atom. The van der Waals surface area contributed by atoms with Crippen LogP contribution in [0.3, 0.4) is 0 Å². The van der Waals surface area contributed by atoms with Crippen molar-refractivity contribution in [3.63, 3.8) is 0 Å². The van der Waals surface area contributed by atoms with Crippen LogP contribution in [-0.2, 0) is 16.1 Å². The predicted molar refractivity (Wildman–Crippen MR) is 85.0 cm³/mol. The molecule has 0 radical (unpaired) electrons. The molecule has 8 nitrogen and oxygen atoms in total. The van der Waals surface area contributed by atoms with Gasteiger partial charge in [-0.3, -0.25) is 24.8 Å². The number of imide groups is 2. The zero-order chi connectivity index (χ0) is 17.1. The Labute approximate surface area is 139 Å². The van der Waals surface area contributed by atoms with E-state index in [1.54, 1.807) is 12.1 Å². The second-order valence-corrected chi connectivity index (χ2v) is 6.09. The maximum atomic E-state index is 12.5. The average Bonchev–Trinajstić information content (AvgIpc) is 3.06. The number of barbiturate groups is 1. The fourth-order valence-corrected chi connectivity index (χ4v) is 2.99. The van der Waals surface area contributed by atoms with Crippen LogP contribution in [0.5, 0.6) is 0 Å². The highest BCUT2D eigenvalue weighted by molar-refractivity contribution is 6.23. The van der Waals surface area contributed by atoms with Crippen LogP contribution in [0.2, 0.25) is 0 Å². The molecule has 0 bridgehead atoms. The zero-order valence-electron chi connectivity index (χ0n) is 13.2. The van der Waals surface area contributed by atoms with E-state index in [2.05, 4.69) is 10.3 Å². The van der Waals surface area contributed by atoms with Crippen LogP contribution < -0.4 is 11.1 Å². The molecule has 3 atom stereocenters. The van der Waals surface area contributed by atoms with Gasteiger partial charge >= 0.3 is 6.03 Å². The molecule has 0 unspecified atom stereocenters. The molecule has 3 rings (SSSR count). The third-order valence-corrected chi connectivity index (χ3v) is 4.39. The maximum Gasteiger partial charge on any atom is 0.331 e. The molecule has 1 saturated heterocycles. The fourth-order valence-electron chi connectivity index (χ4n) is 2.99. The third kappa shape index (κ3) is 3.38. The monoisotopic (exact) mass is 332 g/mol. The minimum atomic E-state index is -1.12. The summed E-state index contributed by atoms with van der Waals surface area (Å²) < 4.78 is 5.16. The van der Waals surface area contributed by atoms with Gasteiger partial charge in [0.2, 0.25) is 11.8 Å². The standard InChI is InChI=1S/C16H20N4O4/c17-12-5-1-2-6-13(12)18-8-11-14(21)19-16(23)20(15(11)22)9-10-4-3-7-24-10/h3-4,7-8,11-13H,1-2,5-6,9,17H2,(H,19,21,23)/t11-,12+,13+/m1/s1.